The van der Waals surface area contributed by atoms with Crippen LogP contribution in [0.1, 0.15) is 29.3 Å². The first-order valence-electron chi connectivity index (χ1n) is 9.58. The number of methoxy groups -OCH3 is 1. The van der Waals surface area contributed by atoms with Gasteiger partial charge in [-0.15, -0.1) is 0 Å². The van der Waals surface area contributed by atoms with Crippen LogP contribution in [0.25, 0.3) is 6.08 Å². The van der Waals surface area contributed by atoms with Gasteiger partial charge in [-0.3, -0.25) is 4.79 Å². The number of hydrazone groups is 1. The minimum Gasteiger partial charge on any atom is -0.497 e. The molecule has 4 rings (SSSR count). The summed E-state index contributed by atoms with van der Waals surface area (Å²) >= 11 is 1.53. The van der Waals surface area contributed by atoms with Crippen molar-refractivity contribution in [1.29, 1.82) is 0 Å². The number of furan rings is 1. The smallest absolute Gasteiger partial charge is 0.331 e. The predicted molar refractivity (Wildman–Crippen MR) is 117 cm³/mol. The largest absolute Gasteiger partial charge is 0.497 e. The Bertz CT molecular complexity index is 1090. The Kier molecular flexibility index (Phi) is 6.28. The Morgan fingerprint density at radius 2 is 2.10 bits per heavy atom. The second kappa shape index (κ2) is 9.44. The molecule has 0 bridgehead atoms. The van der Waals surface area contributed by atoms with Crippen molar-refractivity contribution in [2.45, 2.75) is 12.5 Å². The van der Waals surface area contributed by atoms with Crippen molar-refractivity contribution in [2.24, 2.45) is 5.10 Å². The van der Waals surface area contributed by atoms with Gasteiger partial charge in [-0.05, 0) is 70.4 Å². The number of amides is 1. The minimum atomic E-state index is -0.590. The summed E-state index contributed by atoms with van der Waals surface area (Å²) in [6, 6.07) is 12.5. The highest BCUT2D eigenvalue weighted by atomic mass is 32.1. The van der Waals surface area contributed by atoms with Crippen molar-refractivity contribution in [3.63, 3.8) is 0 Å². The monoisotopic (exact) mass is 436 g/mol. The molecule has 1 aliphatic rings. The number of esters is 1. The van der Waals surface area contributed by atoms with Gasteiger partial charge in [0.1, 0.15) is 17.6 Å². The number of hydrogen-bond donors (Lipinski definition) is 0. The molecule has 158 valence electrons. The van der Waals surface area contributed by atoms with Crippen molar-refractivity contribution < 1.29 is 23.5 Å². The first-order valence-corrected chi connectivity index (χ1v) is 10.5. The molecule has 7 nitrogen and oxygen atoms in total. The van der Waals surface area contributed by atoms with E-state index < -0.39 is 24.5 Å². The molecule has 0 N–H and O–H groups in total. The molecule has 1 aliphatic heterocycles. The molecule has 0 saturated carbocycles. The van der Waals surface area contributed by atoms with Crippen LogP contribution >= 0.6 is 11.3 Å². The normalized spacial score (nSPS) is 15.8. The summed E-state index contributed by atoms with van der Waals surface area (Å²) in [5.74, 6) is 0.333. The molecule has 3 heterocycles. The van der Waals surface area contributed by atoms with E-state index in [-0.39, 0.29) is 0 Å². The number of thiophene rings is 1. The Morgan fingerprint density at radius 1 is 1.26 bits per heavy atom. The maximum Gasteiger partial charge on any atom is 0.331 e. The zero-order valence-electron chi connectivity index (χ0n) is 16.8. The third-order valence-corrected chi connectivity index (χ3v) is 5.46. The SMILES string of the molecule is COc1ccc(C2=NN(C(=O)COC(=O)/C=C/c3ccsc3)C(c3ccco3)C2)cc1. The molecule has 2 aromatic heterocycles. The molecular formula is C23H20N2O5S. The second-order valence-corrected chi connectivity index (χ2v) is 7.53. The van der Waals surface area contributed by atoms with Gasteiger partial charge >= 0.3 is 5.97 Å². The average molecular weight is 436 g/mol. The van der Waals surface area contributed by atoms with Gasteiger partial charge in [-0.25, -0.2) is 9.80 Å². The lowest BCUT2D eigenvalue weighted by molar-refractivity contribution is -0.149. The number of carbonyl (C=O) groups excluding carboxylic acids is 2. The van der Waals surface area contributed by atoms with E-state index in [4.69, 9.17) is 13.9 Å². The fraction of sp³-hybridized carbons (Fsp3) is 0.174. The Balaban J connectivity index is 1.46. The highest BCUT2D eigenvalue weighted by molar-refractivity contribution is 7.08. The van der Waals surface area contributed by atoms with E-state index >= 15 is 0 Å². The molecule has 0 radical (unpaired) electrons. The molecular weight excluding hydrogens is 416 g/mol. The molecule has 1 aromatic carbocycles. The number of rotatable bonds is 7. The Labute approximate surface area is 183 Å². The standard InChI is InChI=1S/C23H20N2O5S/c1-28-18-7-5-17(6-8-18)19-13-20(21-3-2-11-29-21)25(24-19)22(26)14-30-23(27)9-4-16-10-12-31-15-16/h2-12,15,20H,13-14H2,1H3/b9-4+. The number of ether oxygens (including phenoxy) is 2. The van der Waals surface area contributed by atoms with E-state index in [1.807, 2.05) is 41.1 Å². The van der Waals surface area contributed by atoms with E-state index in [1.165, 1.54) is 22.4 Å². The lowest BCUT2D eigenvalue weighted by Crippen LogP contribution is -2.31. The molecule has 0 fully saturated rings. The fourth-order valence-corrected chi connectivity index (χ4v) is 3.81. The van der Waals surface area contributed by atoms with E-state index in [1.54, 1.807) is 31.6 Å². The van der Waals surface area contributed by atoms with Crippen molar-refractivity contribution in [3.8, 4) is 5.75 Å². The molecule has 8 heteroatoms. The molecule has 0 spiro atoms. The van der Waals surface area contributed by atoms with Crippen LogP contribution in [0.2, 0.25) is 0 Å². The molecule has 3 aromatic rings. The zero-order valence-corrected chi connectivity index (χ0v) is 17.6. The van der Waals surface area contributed by atoms with Crippen LogP contribution in [0.15, 0.2) is 75.1 Å². The van der Waals surface area contributed by atoms with Crippen LogP contribution in [-0.4, -0.2) is 36.3 Å². The third-order valence-electron chi connectivity index (χ3n) is 4.75. The van der Waals surface area contributed by atoms with E-state index in [0.717, 1.165) is 22.6 Å². The second-order valence-electron chi connectivity index (χ2n) is 6.75. The summed E-state index contributed by atoms with van der Waals surface area (Å²) in [7, 11) is 1.60. The average Bonchev–Trinajstić information content (AvgIpc) is 3.56. The van der Waals surface area contributed by atoms with Gasteiger partial charge in [0.25, 0.3) is 5.91 Å². The van der Waals surface area contributed by atoms with Gasteiger partial charge < -0.3 is 13.9 Å². The summed E-state index contributed by atoms with van der Waals surface area (Å²) in [5.41, 5.74) is 2.52. The first-order chi connectivity index (χ1) is 15.1. The van der Waals surface area contributed by atoms with Crippen LogP contribution in [0.5, 0.6) is 5.75 Å². The van der Waals surface area contributed by atoms with Crippen LogP contribution in [-0.2, 0) is 14.3 Å². The molecule has 1 atom stereocenters. The molecule has 0 aliphatic carbocycles. The quantitative estimate of drug-likeness (QED) is 0.408. The van der Waals surface area contributed by atoms with Crippen molar-refractivity contribution in [3.05, 3.63) is 82.5 Å². The third kappa shape index (κ3) is 4.92. The highest BCUT2D eigenvalue weighted by Crippen LogP contribution is 2.33. The maximum atomic E-state index is 12.8. The molecule has 1 amide bonds. The van der Waals surface area contributed by atoms with Gasteiger partial charge in [0.2, 0.25) is 0 Å². The van der Waals surface area contributed by atoms with Crippen molar-refractivity contribution in [1.82, 2.24) is 5.01 Å². The number of carbonyl (C=O) groups is 2. The fourth-order valence-electron chi connectivity index (χ4n) is 3.18. The summed E-state index contributed by atoms with van der Waals surface area (Å²) < 4.78 is 15.8. The van der Waals surface area contributed by atoms with E-state index in [2.05, 4.69) is 5.10 Å². The lowest BCUT2D eigenvalue weighted by Gasteiger charge is -2.19. The van der Waals surface area contributed by atoms with Crippen molar-refractivity contribution >= 4 is 35.0 Å². The molecule has 1 unspecified atom stereocenters. The van der Waals surface area contributed by atoms with Crippen LogP contribution in [0, 0.1) is 0 Å². The maximum absolute atomic E-state index is 12.8. The first kappa shape index (κ1) is 20.6. The number of benzene rings is 1. The molecule has 31 heavy (non-hydrogen) atoms. The predicted octanol–water partition coefficient (Wildman–Crippen LogP) is 4.28. The summed E-state index contributed by atoms with van der Waals surface area (Å²) in [6.45, 7) is -0.413. The topological polar surface area (TPSA) is 81.3 Å². The van der Waals surface area contributed by atoms with E-state index in [9.17, 15) is 9.59 Å². The summed E-state index contributed by atoms with van der Waals surface area (Å²) in [4.78, 5) is 24.8. The van der Waals surface area contributed by atoms with Crippen molar-refractivity contribution in [2.75, 3.05) is 13.7 Å². The lowest BCUT2D eigenvalue weighted by atomic mass is 10.0. The Hall–Kier alpha value is -3.65. The summed E-state index contributed by atoms with van der Waals surface area (Å²) in [5, 5.41) is 9.65. The van der Waals surface area contributed by atoms with Gasteiger partial charge in [0, 0.05) is 12.5 Å². The van der Waals surface area contributed by atoms with Gasteiger partial charge in [-0.2, -0.15) is 16.4 Å². The van der Waals surface area contributed by atoms with Crippen LogP contribution in [0.3, 0.4) is 0 Å². The minimum absolute atomic E-state index is 0.403. The van der Waals surface area contributed by atoms with E-state index in [0.29, 0.717) is 12.2 Å². The zero-order chi connectivity index (χ0) is 21.6. The highest BCUT2D eigenvalue weighted by Gasteiger charge is 2.35. The molecule has 0 saturated heterocycles. The summed E-state index contributed by atoms with van der Waals surface area (Å²) in [6.07, 6.45) is 4.98. The van der Waals surface area contributed by atoms with Gasteiger partial charge in [0.15, 0.2) is 6.61 Å². The van der Waals surface area contributed by atoms with Gasteiger partial charge in [-0.1, -0.05) is 0 Å². The van der Waals surface area contributed by atoms with Crippen LogP contribution in [0.4, 0.5) is 0 Å². The van der Waals surface area contributed by atoms with Gasteiger partial charge in [0.05, 0.1) is 19.1 Å². The van der Waals surface area contributed by atoms with Crippen LogP contribution < -0.4 is 4.74 Å². The Morgan fingerprint density at radius 3 is 2.77 bits per heavy atom. The number of nitrogens with zero attached hydrogens (tertiary/aromatic N) is 2. The number of hydrogen-bond acceptors (Lipinski definition) is 7.